The van der Waals surface area contributed by atoms with Crippen LogP contribution in [0.5, 0.6) is 0 Å². The van der Waals surface area contributed by atoms with Gasteiger partial charge in [-0.2, -0.15) is 0 Å². The minimum atomic E-state index is -0.446. The average Bonchev–Trinajstić information content (AvgIpc) is 3.09. The van der Waals surface area contributed by atoms with Crippen LogP contribution in [0.15, 0.2) is 41.0 Å². The number of carbonyl (C=O) groups is 2. The van der Waals surface area contributed by atoms with Gasteiger partial charge in [-0.3, -0.25) is 4.79 Å². The topological polar surface area (TPSA) is 98.7 Å². The Balaban J connectivity index is 1.50. The van der Waals surface area contributed by atoms with Crippen molar-refractivity contribution < 1.29 is 18.7 Å². The number of nitrogens with two attached hydrogens (primary N) is 1. The number of ether oxygens (including phenoxy) is 1. The summed E-state index contributed by atoms with van der Waals surface area (Å²) in [6, 6.07) is 9.06. The predicted octanol–water partition coefficient (Wildman–Crippen LogP) is 2.18. The van der Waals surface area contributed by atoms with Gasteiger partial charge in [0.05, 0.1) is 5.92 Å². The van der Waals surface area contributed by atoms with Gasteiger partial charge in [0, 0.05) is 18.7 Å². The summed E-state index contributed by atoms with van der Waals surface area (Å²) >= 11 is 0. The summed E-state index contributed by atoms with van der Waals surface area (Å²) in [4.78, 5) is 29.0. The highest BCUT2D eigenvalue weighted by atomic mass is 16.5. The Bertz CT molecular complexity index is 706. The molecule has 0 radical (unpaired) electrons. The number of nitrogens with zero attached hydrogens (tertiary/aromatic N) is 2. The maximum atomic E-state index is 12.1. The Morgan fingerprint density at radius 3 is 2.62 bits per heavy atom. The number of esters is 1. The smallest absolute Gasteiger partial charge is 0.314 e. The van der Waals surface area contributed by atoms with E-state index in [1.807, 2.05) is 30.3 Å². The number of benzene rings is 1. The molecule has 7 nitrogen and oxygen atoms in total. The molecule has 24 heavy (non-hydrogen) atoms. The molecule has 3 rings (SSSR count). The minimum absolute atomic E-state index is 0.0746. The molecule has 0 bridgehead atoms. The Morgan fingerprint density at radius 1 is 1.25 bits per heavy atom. The summed E-state index contributed by atoms with van der Waals surface area (Å²) in [6.07, 6.45) is 2.62. The zero-order valence-electron chi connectivity index (χ0n) is 13.2. The third kappa shape index (κ3) is 3.73. The van der Waals surface area contributed by atoms with Crippen molar-refractivity contribution in [3.8, 4) is 11.5 Å². The Kier molecular flexibility index (Phi) is 4.79. The fourth-order valence-electron chi connectivity index (χ4n) is 2.69. The van der Waals surface area contributed by atoms with Crippen molar-refractivity contribution in [1.29, 1.82) is 0 Å². The first-order valence-electron chi connectivity index (χ1n) is 7.84. The van der Waals surface area contributed by atoms with E-state index in [2.05, 4.69) is 4.98 Å². The molecule has 0 atom stereocenters. The lowest BCUT2D eigenvalue weighted by Crippen LogP contribution is -2.43. The summed E-state index contributed by atoms with van der Waals surface area (Å²) in [6.45, 7) is 1.04. The normalized spacial score (nSPS) is 15.2. The lowest BCUT2D eigenvalue weighted by molar-refractivity contribution is -0.151. The van der Waals surface area contributed by atoms with Gasteiger partial charge in [0.25, 0.3) is 0 Å². The van der Waals surface area contributed by atoms with Crippen LogP contribution in [0.3, 0.4) is 0 Å². The fraction of sp³-hybridized carbons (Fsp3) is 0.353. The van der Waals surface area contributed by atoms with Gasteiger partial charge in [0.2, 0.25) is 5.89 Å². The number of oxazole rings is 1. The van der Waals surface area contributed by atoms with Crippen molar-refractivity contribution in [2.24, 2.45) is 11.7 Å². The van der Waals surface area contributed by atoms with Crippen molar-refractivity contribution in [3.63, 3.8) is 0 Å². The molecule has 0 aliphatic carbocycles. The van der Waals surface area contributed by atoms with Crippen LogP contribution < -0.4 is 5.73 Å². The van der Waals surface area contributed by atoms with E-state index in [4.69, 9.17) is 14.9 Å². The van der Waals surface area contributed by atoms with Gasteiger partial charge in [-0.1, -0.05) is 18.2 Å². The molecule has 1 aromatic heterocycles. The standard InChI is InChI=1S/C17H19N3O4/c18-17(22)20-8-6-13(7-9-20)16(21)24-11-14-10-23-15(19-14)12-4-2-1-3-5-12/h1-5,10,13H,6-9,11H2,(H2,18,22). The molecule has 126 valence electrons. The zero-order valence-corrected chi connectivity index (χ0v) is 13.2. The van der Waals surface area contributed by atoms with Crippen LogP contribution in [-0.2, 0) is 16.1 Å². The number of carbonyl (C=O) groups excluding carboxylic acids is 2. The van der Waals surface area contributed by atoms with E-state index in [0.717, 1.165) is 5.56 Å². The number of hydrogen-bond donors (Lipinski definition) is 1. The summed E-state index contributed by atoms with van der Waals surface area (Å²) < 4.78 is 10.7. The number of aromatic nitrogens is 1. The maximum absolute atomic E-state index is 12.1. The summed E-state index contributed by atoms with van der Waals surface area (Å²) in [5.41, 5.74) is 6.66. The minimum Gasteiger partial charge on any atom is -0.459 e. The van der Waals surface area contributed by atoms with E-state index in [9.17, 15) is 9.59 Å². The van der Waals surface area contributed by atoms with Gasteiger partial charge >= 0.3 is 12.0 Å². The zero-order chi connectivity index (χ0) is 16.9. The molecule has 1 aliphatic heterocycles. The van der Waals surface area contributed by atoms with Crippen molar-refractivity contribution in [3.05, 3.63) is 42.3 Å². The van der Waals surface area contributed by atoms with Gasteiger partial charge in [0.1, 0.15) is 18.6 Å². The molecule has 1 fully saturated rings. The van der Waals surface area contributed by atoms with Crippen LogP contribution in [0.1, 0.15) is 18.5 Å². The van der Waals surface area contributed by atoms with Crippen molar-refractivity contribution >= 4 is 12.0 Å². The number of hydrogen-bond acceptors (Lipinski definition) is 5. The van der Waals surface area contributed by atoms with Crippen LogP contribution in [-0.4, -0.2) is 35.0 Å². The molecule has 1 saturated heterocycles. The number of urea groups is 1. The maximum Gasteiger partial charge on any atom is 0.314 e. The molecular weight excluding hydrogens is 310 g/mol. The van der Waals surface area contributed by atoms with Crippen LogP contribution in [0.4, 0.5) is 4.79 Å². The molecular formula is C17H19N3O4. The summed E-state index contributed by atoms with van der Waals surface area (Å²) in [7, 11) is 0. The van der Waals surface area contributed by atoms with Crippen molar-refractivity contribution in [1.82, 2.24) is 9.88 Å². The number of rotatable bonds is 4. The van der Waals surface area contributed by atoms with E-state index in [-0.39, 0.29) is 18.5 Å². The fourth-order valence-corrected chi connectivity index (χ4v) is 2.69. The van der Waals surface area contributed by atoms with Crippen LogP contribution in [0.25, 0.3) is 11.5 Å². The molecule has 2 aromatic rings. The van der Waals surface area contributed by atoms with Gasteiger partial charge in [0.15, 0.2) is 0 Å². The second kappa shape index (κ2) is 7.16. The molecule has 2 amide bonds. The Labute approximate surface area is 139 Å². The third-order valence-corrected chi connectivity index (χ3v) is 4.07. The van der Waals surface area contributed by atoms with Crippen molar-refractivity contribution in [2.45, 2.75) is 19.4 Å². The summed E-state index contributed by atoms with van der Waals surface area (Å²) in [5.74, 6) is 0.0147. The van der Waals surface area contributed by atoms with Crippen molar-refractivity contribution in [2.75, 3.05) is 13.1 Å². The number of likely N-dealkylation sites (tertiary alicyclic amines) is 1. The highest BCUT2D eigenvalue weighted by Gasteiger charge is 2.27. The van der Waals surface area contributed by atoms with E-state index in [1.54, 1.807) is 0 Å². The van der Waals surface area contributed by atoms with Gasteiger partial charge in [-0.15, -0.1) is 0 Å². The lowest BCUT2D eigenvalue weighted by atomic mass is 9.97. The quantitative estimate of drug-likeness (QED) is 0.867. The molecule has 0 saturated carbocycles. The number of piperidine rings is 1. The van der Waals surface area contributed by atoms with Crippen LogP contribution in [0, 0.1) is 5.92 Å². The average molecular weight is 329 g/mol. The van der Waals surface area contributed by atoms with Gasteiger partial charge in [-0.25, -0.2) is 9.78 Å². The number of amides is 2. The third-order valence-electron chi connectivity index (χ3n) is 4.07. The monoisotopic (exact) mass is 329 g/mol. The van der Waals surface area contributed by atoms with Gasteiger partial charge < -0.3 is 19.8 Å². The largest absolute Gasteiger partial charge is 0.459 e. The molecule has 0 unspecified atom stereocenters. The molecule has 7 heteroatoms. The highest BCUT2D eigenvalue weighted by Crippen LogP contribution is 2.21. The lowest BCUT2D eigenvalue weighted by Gasteiger charge is -2.29. The van der Waals surface area contributed by atoms with Gasteiger partial charge in [-0.05, 0) is 25.0 Å². The molecule has 0 spiro atoms. The Hall–Kier alpha value is -2.83. The van der Waals surface area contributed by atoms with Crippen LogP contribution >= 0.6 is 0 Å². The van der Waals surface area contributed by atoms with E-state index in [0.29, 0.717) is 37.5 Å². The molecule has 2 heterocycles. The predicted molar refractivity (Wildman–Crippen MR) is 85.6 cm³/mol. The second-order valence-electron chi connectivity index (χ2n) is 5.72. The number of primary amides is 1. The first-order valence-corrected chi connectivity index (χ1v) is 7.84. The Morgan fingerprint density at radius 2 is 1.96 bits per heavy atom. The molecule has 1 aliphatic rings. The second-order valence-corrected chi connectivity index (χ2v) is 5.72. The van der Waals surface area contributed by atoms with E-state index >= 15 is 0 Å². The highest BCUT2D eigenvalue weighted by molar-refractivity contribution is 5.74. The first kappa shape index (κ1) is 16.0. The molecule has 2 N–H and O–H groups in total. The van der Waals surface area contributed by atoms with E-state index < -0.39 is 6.03 Å². The molecule has 1 aromatic carbocycles. The van der Waals surface area contributed by atoms with Crippen LogP contribution in [0.2, 0.25) is 0 Å². The summed E-state index contributed by atoms with van der Waals surface area (Å²) in [5, 5.41) is 0. The van der Waals surface area contributed by atoms with E-state index in [1.165, 1.54) is 11.2 Å². The SMILES string of the molecule is NC(=O)N1CCC(C(=O)OCc2coc(-c3ccccc3)n2)CC1. The first-order chi connectivity index (χ1) is 11.6.